The van der Waals surface area contributed by atoms with Gasteiger partial charge in [-0.2, -0.15) is 4.98 Å². The van der Waals surface area contributed by atoms with Crippen molar-refractivity contribution in [3.63, 3.8) is 0 Å². The Balaban J connectivity index is 1.19. The van der Waals surface area contributed by atoms with Crippen molar-refractivity contribution in [2.24, 2.45) is 0 Å². The van der Waals surface area contributed by atoms with Crippen LogP contribution in [-0.2, 0) is 6.54 Å². The smallest absolute Gasteiger partial charge is 0.245 e. The Hall–Kier alpha value is -4.07. The van der Waals surface area contributed by atoms with Gasteiger partial charge in [-0.15, -0.1) is 5.10 Å². The SMILES string of the molecule is COc1cc(-n2cnc(Nc3nc(N4CCCC4CO)nn4c(CN5CCN(C6CC6)CC5)ccc34)c2)cc(OC)c1OC. The molecule has 3 aliphatic rings. The fourth-order valence-electron chi connectivity index (χ4n) is 6.48. The van der Waals surface area contributed by atoms with Crippen LogP contribution in [-0.4, -0.2) is 112 Å². The highest BCUT2D eigenvalue weighted by molar-refractivity contribution is 5.74. The van der Waals surface area contributed by atoms with E-state index in [4.69, 9.17) is 24.3 Å². The summed E-state index contributed by atoms with van der Waals surface area (Å²) in [6.07, 6.45) is 8.25. The fourth-order valence-corrected chi connectivity index (χ4v) is 6.48. The van der Waals surface area contributed by atoms with Crippen LogP contribution in [0.4, 0.5) is 17.6 Å². The number of imidazole rings is 1. The van der Waals surface area contributed by atoms with E-state index in [1.54, 1.807) is 27.7 Å². The second-order valence-electron chi connectivity index (χ2n) is 11.8. The lowest BCUT2D eigenvalue weighted by atomic mass is 10.2. The van der Waals surface area contributed by atoms with Crippen LogP contribution >= 0.6 is 0 Å². The number of rotatable bonds is 11. The first-order valence-corrected chi connectivity index (χ1v) is 15.4. The van der Waals surface area contributed by atoms with Crippen LogP contribution in [0.2, 0.25) is 0 Å². The maximum atomic E-state index is 10.1. The van der Waals surface area contributed by atoms with Gasteiger partial charge in [-0.3, -0.25) is 9.80 Å². The lowest BCUT2D eigenvalue weighted by Gasteiger charge is -2.34. The van der Waals surface area contributed by atoms with E-state index < -0.39 is 0 Å². The van der Waals surface area contributed by atoms with Crippen molar-refractivity contribution in [1.82, 2.24) is 33.9 Å². The molecule has 1 aliphatic carbocycles. The van der Waals surface area contributed by atoms with Crippen molar-refractivity contribution in [2.45, 2.75) is 44.3 Å². The molecule has 0 radical (unpaired) electrons. The average Bonchev–Trinajstić information content (AvgIpc) is 3.41. The number of nitrogens with one attached hydrogen (secondary N) is 1. The second-order valence-corrected chi connectivity index (χ2v) is 11.8. The molecule has 2 saturated heterocycles. The topological polar surface area (TPSA) is 118 Å². The van der Waals surface area contributed by atoms with Crippen LogP contribution in [0.3, 0.4) is 0 Å². The van der Waals surface area contributed by atoms with Gasteiger partial charge in [0.2, 0.25) is 11.7 Å². The van der Waals surface area contributed by atoms with Gasteiger partial charge in [0.05, 0.1) is 51.6 Å². The van der Waals surface area contributed by atoms with Gasteiger partial charge in [0.1, 0.15) is 17.7 Å². The molecule has 3 fully saturated rings. The van der Waals surface area contributed by atoms with Gasteiger partial charge < -0.3 is 34.1 Å². The zero-order valence-electron chi connectivity index (χ0n) is 25.6. The molecule has 44 heavy (non-hydrogen) atoms. The van der Waals surface area contributed by atoms with Gasteiger partial charge in [-0.05, 0) is 37.8 Å². The molecule has 7 rings (SSSR count). The number of hydrogen-bond acceptors (Lipinski definition) is 11. The first-order chi connectivity index (χ1) is 21.6. The molecule has 13 nitrogen and oxygen atoms in total. The molecule has 1 saturated carbocycles. The third-order valence-electron chi connectivity index (χ3n) is 9.05. The first-order valence-electron chi connectivity index (χ1n) is 15.4. The molecule has 0 spiro atoms. The molecule has 0 amide bonds. The number of piperazine rings is 1. The van der Waals surface area contributed by atoms with E-state index in [2.05, 4.69) is 37.1 Å². The Labute approximate surface area is 256 Å². The van der Waals surface area contributed by atoms with Crippen LogP contribution in [0.15, 0.2) is 36.8 Å². The Morgan fingerprint density at radius 1 is 0.955 bits per heavy atom. The third kappa shape index (κ3) is 5.51. The van der Waals surface area contributed by atoms with E-state index in [0.29, 0.717) is 34.8 Å². The molecule has 0 bridgehead atoms. The van der Waals surface area contributed by atoms with E-state index >= 15 is 0 Å². The number of benzene rings is 1. The molecule has 2 aliphatic heterocycles. The Morgan fingerprint density at radius 3 is 2.41 bits per heavy atom. The molecule has 4 aromatic rings. The summed E-state index contributed by atoms with van der Waals surface area (Å²) in [6, 6.07) is 8.79. The molecule has 1 atom stereocenters. The molecule has 13 heteroatoms. The van der Waals surface area contributed by atoms with Crippen molar-refractivity contribution >= 4 is 23.1 Å². The third-order valence-corrected chi connectivity index (χ3v) is 9.05. The number of hydrogen-bond donors (Lipinski definition) is 2. The van der Waals surface area contributed by atoms with Crippen LogP contribution < -0.4 is 24.4 Å². The zero-order valence-corrected chi connectivity index (χ0v) is 25.6. The molecule has 3 aromatic heterocycles. The van der Waals surface area contributed by atoms with Crippen molar-refractivity contribution in [3.05, 3.63) is 42.5 Å². The van der Waals surface area contributed by atoms with Crippen LogP contribution in [0.5, 0.6) is 17.2 Å². The van der Waals surface area contributed by atoms with Gasteiger partial charge in [0.25, 0.3) is 0 Å². The number of anilines is 3. The number of aliphatic hydroxyl groups excluding tert-OH is 1. The maximum Gasteiger partial charge on any atom is 0.245 e. The summed E-state index contributed by atoms with van der Waals surface area (Å²) >= 11 is 0. The van der Waals surface area contributed by atoms with E-state index in [1.807, 2.05) is 27.4 Å². The number of aromatic nitrogens is 5. The average molecular weight is 604 g/mol. The number of fused-ring (bicyclic) bond motifs is 1. The molecule has 2 N–H and O–H groups in total. The largest absolute Gasteiger partial charge is 0.493 e. The van der Waals surface area contributed by atoms with E-state index in [0.717, 1.165) is 75.1 Å². The number of nitrogens with zero attached hydrogens (tertiary/aromatic N) is 8. The highest BCUT2D eigenvalue weighted by Crippen LogP contribution is 2.39. The summed E-state index contributed by atoms with van der Waals surface area (Å²) in [5, 5.41) is 18.5. The monoisotopic (exact) mass is 603 g/mol. The summed E-state index contributed by atoms with van der Waals surface area (Å²) in [6.45, 7) is 6.08. The molecule has 234 valence electrons. The lowest BCUT2D eigenvalue weighted by molar-refractivity contribution is 0.120. The Bertz CT molecular complexity index is 1580. The van der Waals surface area contributed by atoms with E-state index in [1.165, 1.54) is 12.8 Å². The Kier molecular flexibility index (Phi) is 7.91. The Morgan fingerprint density at radius 2 is 1.73 bits per heavy atom. The molecule has 1 unspecified atom stereocenters. The normalized spacial score (nSPS) is 19.5. The summed E-state index contributed by atoms with van der Waals surface area (Å²) in [5.74, 6) is 3.56. The number of ether oxygens (including phenoxy) is 3. The predicted octanol–water partition coefficient (Wildman–Crippen LogP) is 2.93. The minimum absolute atomic E-state index is 0.00838. The predicted molar refractivity (Wildman–Crippen MR) is 167 cm³/mol. The molecule has 5 heterocycles. The van der Waals surface area contributed by atoms with E-state index in [9.17, 15) is 5.11 Å². The minimum Gasteiger partial charge on any atom is -0.493 e. The fraction of sp³-hybridized carbons (Fsp3) is 0.516. The summed E-state index contributed by atoms with van der Waals surface area (Å²) in [5.41, 5.74) is 2.81. The van der Waals surface area contributed by atoms with Crippen LogP contribution in [0, 0.1) is 0 Å². The van der Waals surface area contributed by atoms with Gasteiger partial charge >= 0.3 is 0 Å². The zero-order chi connectivity index (χ0) is 30.2. The van der Waals surface area contributed by atoms with Crippen molar-refractivity contribution in [3.8, 4) is 22.9 Å². The van der Waals surface area contributed by atoms with Gasteiger partial charge in [0.15, 0.2) is 17.3 Å². The highest BCUT2D eigenvalue weighted by Gasteiger charge is 2.32. The summed E-state index contributed by atoms with van der Waals surface area (Å²) < 4.78 is 20.5. The van der Waals surface area contributed by atoms with Crippen molar-refractivity contribution in [1.29, 1.82) is 0 Å². The van der Waals surface area contributed by atoms with Crippen molar-refractivity contribution < 1.29 is 19.3 Å². The number of aliphatic hydroxyl groups is 1. The quantitative estimate of drug-likeness (QED) is 0.264. The van der Waals surface area contributed by atoms with Crippen molar-refractivity contribution in [2.75, 3.05) is 70.9 Å². The van der Waals surface area contributed by atoms with E-state index in [-0.39, 0.29) is 12.6 Å². The van der Waals surface area contributed by atoms with Gasteiger partial charge in [-0.25, -0.2) is 9.50 Å². The molecule has 1 aromatic carbocycles. The minimum atomic E-state index is 0.00838. The summed E-state index contributed by atoms with van der Waals surface area (Å²) in [4.78, 5) is 16.9. The van der Waals surface area contributed by atoms with Crippen LogP contribution in [0.1, 0.15) is 31.4 Å². The standard InChI is InChI=1S/C31H41N9O4/c1-42-26-15-24(16-27(43-2)29(26)44-3)38-18-28(32-20-38)33-30-25-9-8-22(17-36-11-13-37(14-12-36)21-6-7-21)40(25)35-31(34-30)39-10-4-5-23(39)19-41/h8-9,15-16,18,20-21,23,41H,4-7,10-14,17,19H2,1-3H3,(H,33,34,35). The summed E-state index contributed by atoms with van der Waals surface area (Å²) in [7, 11) is 4.78. The molecular formula is C31H41N9O4. The highest BCUT2D eigenvalue weighted by atomic mass is 16.5. The van der Waals surface area contributed by atoms with Gasteiger partial charge in [-0.1, -0.05) is 0 Å². The van der Waals surface area contributed by atoms with Gasteiger partial charge in [0, 0.05) is 57.4 Å². The number of methoxy groups -OCH3 is 3. The molecular weight excluding hydrogens is 562 g/mol. The second kappa shape index (κ2) is 12.1. The maximum absolute atomic E-state index is 10.1. The van der Waals surface area contributed by atoms with Crippen LogP contribution in [0.25, 0.3) is 11.2 Å². The first kappa shape index (κ1) is 28.7. The lowest BCUT2D eigenvalue weighted by Crippen LogP contribution is -2.46.